The lowest BCUT2D eigenvalue weighted by atomic mass is 10.2. The van der Waals surface area contributed by atoms with Crippen LogP contribution in [0.25, 0.3) is 20.8 Å². The fraction of sp³-hybridized carbons (Fsp3) is 0. The maximum absolute atomic E-state index is 10.6. The fourth-order valence-electron chi connectivity index (χ4n) is 1.75. The van der Waals surface area contributed by atoms with Gasteiger partial charge in [-0.1, -0.05) is 15.9 Å². The second-order valence-electron chi connectivity index (χ2n) is 3.94. The van der Waals surface area contributed by atoms with Crippen LogP contribution in [0.4, 0.5) is 5.69 Å². The van der Waals surface area contributed by atoms with E-state index in [1.165, 1.54) is 12.1 Å². The molecule has 0 saturated heterocycles. The third kappa shape index (κ3) is 2.36. The van der Waals surface area contributed by atoms with E-state index in [0.717, 1.165) is 25.3 Å². The fourth-order valence-corrected chi connectivity index (χ4v) is 3.27. The van der Waals surface area contributed by atoms with Crippen LogP contribution >= 0.6 is 27.3 Å². The molecule has 0 radical (unpaired) electrons. The molecule has 3 rings (SSSR count). The molecular weight excluding hydrogens is 328 g/mol. The van der Waals surface area contributed by atoms with Gasteiger partial charge in [-0.15, -0.1) is 11.3 Å². The average molecular weight is 335 g/mol. The highest BCUT2D eigenvalue weighted by atomic mass is 79.9. The number of non-ortho nitro benzene ring substituents is 1. The summed E-state index contributed by atoms with van der Waals surface area (Å²) in [6, 6.07) is 12.4. The number of fused-ring (bicyclic) bond motifs is 1. The van der Waals surface area contributed by atoms with E-state index in [1.807, 2.05) is 18.2 Å². The van der Waals surface area contributed by atoms with Gasteiger partial charge in [-0.2, -0.15) is 0 Å². The molecule has 0 spiro atoms. The number of thiazole rings is 1. The van der Waals surface area contributed by atoms with E-state index in [9.17, 15) is 10.1 Å². The Hall–Kier alpha value is -1.79. The van der Waals surface area contributed by atoms with Crippen molar-refractivity contribution in [2.24, 2.45) is 0 Å². The van der Waals surface area contributed by atoms with Crippen molar-refractivity contribution in [1.29, 1.82) is 0 Å². The van der Waals surface area contributed by atoms with Crippen molar-refractivity contribution in [2.75, 3.05) is 0 Å². The zero-order chi connectivity index (χ0) is 13.4. The van der Waals surface area contributed by atoms with Crippen molar-refractivity contribution in [3.8, 4) is 10.6 Å². The number of hydrogen-bond donors (Lipinski definition) is 0. The summed E-state index contributed by atoms with van der Waals surface area (Å²) in [5.74, 6) is 0. The predicted molar refractivity (Wildman–Crippen MR) is 79.4 cm³/mol. The van der Waals surface area contributed by atoms with Crippen molar-refractivity contribution in [1.82, 2.24) is 4.98 Å². The summed E-state index contributed by atoms with van der Waals surface area (Å²) in [5.41, 5.74) is 1.91. The second-order valence-corrected chi connectivity index (χ2v) is 5.88. The van der Waals surface area contributed by atoms with Crippen molar-refractivity contribution in [2.45, 2.75) is 0 Å². The number of nitro benzene ring substituents is 1. The van der Waals surface area contributed by atoms with Gasteiger partial charge < -0.3 is 0 Å². The minimum Gasteiger partial charge on any atom is -0.258 e. The maximum atomic E-state index is 10.6. The molecule has 0 atom stereocenters. The van der Waals surface area contributed by atoms with Crippen molar-refractivity contribution >= 4 is 43.2 Å². The SMILES string of the molecule is O=[N+]([O-])c1ccc(-c2nc3ccc(Br)cc3s2)cc1. The largest absolute Gasteiger partial charge is 0.269 e. The summed E-state index contributed by atoms with van der Waals surface area (Å²) in [6.07, 6.45) is 0. The number of hydrogen-bond acceptors (Lipinski definition) is 4. The molecule has 0 fully saturated rings. The van der Waals surface area contributed by atoms with Gasteiger partial charge >= 0.3 is 0 Å². The molecule has 0 N–H and O–H groups in total. The first-order valence-electron chi connectivity index (χ1n) is 5.44. The molecule has 1 aromatic heterocycles. The van der Waals surface area contributed by atoms with E-state index >= 15 is 0 Å². The minimum atomic E-state index is -0.404. The van der Waals surface area contributed by atoms with Crippen LogP contribution in [0.15, 0.2) is 46.9 Å². The Kier molecular flexibility index (Phi) is 3.04. The van der Waals surface area contributed by atoms with Gasteiger partial charge in [0.1, 0.15) is 5.01 Å². The lowest BCUT2D eigenvalue weighted by Gasteiger charge is -1.95. The van der Waals surface area contributed by atoms with E-state index in [1.54, 1.807) is 23.5 Å². The van der Waals surface area contributed by atoms with E-state index in [2.05, 4.69) is 20.9 Å². The molecule has 19 heavy (non-hydrogen) atoms. The zero-order valence-electron chi connectivity index (χ0n) is 9.54. The van der Waals surface area contributed by atoms with Crippen molar-refractivity contribution in [3.63, 3.8) is 0 Å². The predicted octanol–water partition coefficient (Wildman–Crippen LogP) is 4.63. The van der Waals surface area contributed by atoms with E-state index in [-0.39, 0.29) is 5.69 Å². The van der Waals surface area contributed by atoms with Crippen LogP contribution in [0.5, 0.6) is 0 Å². The van der Waals surface area contributed by atoms with Gasteiger partial charge in [0.2, 0.25) is 0 Å². The van der Waals surface area contributed by atoms with Crippen LogP contribution < -0.4 is 0 Å². The number of rotatable bonds is 2. The number of nitro groups is 1. The first kappa shape index (κ1) is 12.3. The molecule has 0 bridgehead atoms. The quantitative estimate of drug-likeness (QED) is 0.507. The third-order valence-electron chi connectivity index (χ3n) is 2.68. The van der Waals surface area contributed by atoms with E-state index in [4.69, 9.17) is 0 Å². The molecule has 2 aromatic carbocycles. The Morgan fingerprint density at radius 2 is 1.89 bits per heavy atom. The van der Waals surface area contributed by atoms with Gasteiger partial charge in [0.05, 0.1) is 15.1 Å². The molecule has 0 amide bonds. The molecular formula is C13H7BrN2O2S. The molecule has 0 unspecified atom stereocenters. The third-order valence-corrected chi connectivity index (χ3v) is 4.24. The maximum Gasteiger partial charge on any atom is 0.269 e. The van der Waals surface area contributed by atoms with Crippen LogP contribution in [-0.2, 0) is 0 Å². The molecule has 0 aliphatic rings. The summed E-state index contributed by atoms with van der Waals surface area (Å²) in [5, 5.41) is 11.5. The average Bonchev–Trinajstić information content (AvgIpc) is 2.81. The molecule has 6 heteroatoms. The van der Waals surface area contributed by atoms with Gasteiger partial charge in [-0.3, -0.25) is 10.1 Å². The normalized spacial score (nSPS) is 10.8. The van der Waals surface area contributed by atoms with Gasteiger partial charge in [0.25, 0.3) is 5.69 Å². The molecule has 94 valence electrons. The van der Waals surface area contributed by atoms with Crippen LogP contribution in [0.1, 0.15) is 0 Å². The van der Waals surface area contributed by atoms with Gasteiger partial charge in [0.15, 0.2) is 0 Å². The molecule has 0 aliphatic carbocycles. The molecule has 4 nitrogen and oxygen atoms in total. The summed E-state index contributed by atoms with van der Waals surface area (Å²) in [7, 11) is 0. The van der Waals surface area contributed by atoms with Crippen LogP contribution in [-0.4, -0.2) is 9.91 Å². The van der Waals surface area contributed by atoms with Gasteiger partial charge in [-0.05, 0) is 30.3 Å². The van der Waals surface area contributed by atoms with E-state index in [0.29, 0.717) is 0 Å². The molecule has 1 heterocycles. The molecule has 3 aromatic rings. The summed E-state index contributed by atoms with van der Waals surface area (Å²) >= 11 is 5.00. The highest BCUT2D eigenvalue weighted by molar-refractivity contribution is 9.10. The van der Waals surface area contributed by atoms with Crippen molar-refractivity contribution in [3.05, 3.63) is 57.1 Å². The number of nitrogens with zero attached hydrogens (tertiary/aromatic N) is 2. The van der Waals surface area contributed by atoms with E-state index < -0.39 is 4.92 Å². The standard InChI is InChI=1S/C13H7BrN2O2S/c14-9-3-6-11-12(7-9)19-13(15-11)8-1-4-10(5-2-8)16(17)18/h1-7H. The highest BCUT2D eigenvalue weighted by Gasteiger charge is 2.09. The smallest absolute Gasteiger partial charge is 0.258 e. The highest BCUT2D eigenvalue weighted by Crippen LogP contribution is 2.32. The second kappa shape index (κ2) is 4.71. The van der Waals surface area contributed by atoms with Crippen LogP contribution in [0.3, 0.4) is 0 Å². The minimum absolute atomic E-state index is 0.0904. The lowest BCUT2D eigenvalue weighted by molar-refractivity contribution is -0.384. The lowest BCUT2D eigenvalue weighted by Crippen LogP contribution is -1.86. The first-order chi connectivity index (χ1) is 9.13. The Morgan fingerprint density at radius 3 is 2.58 bits per heavy atom. The van der Waals surface area contributed by atoms with Gasteiger partial charge in [-0.25, -0.2) is 4.98 Å². The number of halogens is 1. The Balaban J connectivity index is 2.06. The van der Waals surface area contributed by atoms with Crippen molar-refractivity contribution < 1.29 is 4.92 Å². The Morgan fingerprint density at radius 1 is 1.16 bits per heavy atom. The number of aromatic nitrogens is 1. The van der Waals surface area contributed by atoms with Crippen LogP contribution in [0, 0.1) is 10.1 Å². The number of benzene rings is 2. The first-order valence-corrected chi connectivity index (χ1v) is 7.05. The summed E-state index contributed by atoms with van der Waals surface area (Å²) in [4.78, 5) is 14.7. The molecule has 0 aliphatic heterocycles. The summed E-state index contributed by atoms with van der Waals surface area (Å²) in [6.45, 7) is 0. The monoisotopic (exact) mass is 334 g/mol. The topological polar surface area (TPSA) is 56.0 Å². The van der Waals surface area contributed by atoms with Gasteiger partial charge in [0, 0.05) is 22.2 Å². The van der Waals surface area contributed by atoms with Crippen LogP contribution in [0.2, 0.25) is 0 Å². The Bertz CT molecular complexity index is 768. The molecule has 0 saturated carbocycles. The summed E-state index contributed by atoms with van der Waals surface area (Å²) < 4.78 is 2.10. The Labute approximate surface area is 121 Å². The zero-order valence-corrected chi connectivity index (χ0v) is 11.9.